The highest BCUT2D eigenvalue weighted by atomic mass is 16.5. The third kappa shape index (κ3) is 7.82. The van der Waals surface area contributed by atoms with E-state index in [-0.39, 0.29) is 0 Å². The lowest BCUT2D eigenvalue weighted by molar-refractivity contribution is 0.0690. The van der Waals surface area contributed by atoms with Gasteiger partial charge in [0.25, 0.3) is 0 Å². The molecular formula is C18H34N6O3. The average Bonchev–Trinajstić information content (AvgIpc) is 3.06. The van der Waals surface area contributed by atoms with Crippen LogP contribution in [0.15, 0.2) is 4.99 Å². The summed E-state index contributed by atoms with van der Waals surface area (Å²) in [6, 6.07) is 0.296. The Morgan fingerprint density at radius 3 is 2.89 bits per heavy atom. The molecule has 0 saturated heterocycles. The van der Waals surface area contributed by atoms with Crippen molar-refractivity contribution in [3.63, 3.8) is 0 Å². The lowest BCUT2D eigenvalue weighted by atomic mass is 10.1. The van der Waals surface area contributed by atoms with Gasteiger partial charge in [-0.25, -0.2) is 9.67 Å². The molecule has 0 saturated carbocycles. The maximum atomic E-state index is 5.47. The topological polar surface area (TPSA) is 94.8 Å². The summed E-state index contributed by atoms with van der Waals surface area (Å²) in [7, 11) is 3.34. The van der Waals surface area contributed by atoms with E-state index in [1.165, 1.54) is 0 Å². The van der Waals surface area contributed by atoms with E-state index >= 15 is 0 Å². The molecule has 1 unspecified atom stereocenters. The highest BCUT2D eigenvalue weighted by molar-refractivity contribution is 5.80. The summed E-state index contributed by atoms with van der Waals surface area (Å²) in [5.41, 5.74) is 0. The van der Waals surface area contributed by atoms with Crippen molar-refractivity contribution in [2.75, 3.05) is 47.1 Å². The molecule has 1 atom stereocenters. The van der Waals surface area contributed by atoms with Gasteiger partial charge in [-0.05, 0) is 26.2 Å². The summed E-state index contributed by atoms with van der Waals surface area (Å²) in [6.45, 7) is 7.00. The Hall–Kier alpha value is -1.71. The lowest BCUT2D eigenvalue weighted by Gasteiger charge is -2.25. The zero-order valence-corrected chi connectivity index (χ0v) is 16.9. The fourth-order valence-electron chi connectivity index (χ4n) is 2.93. The molecule has 0 amide bonds. The second-order valence-corrected chi connectivity index (χ2v) is 6.51. The number of guanidine groups is 1. The van der Waals surface area contributed by atoms with Gasteiger partial charge in [0.2, 0.25) is 0 Å². The summed E-state index contributed by atoms with van der Waals surface area (Å²) in [5.74, 6) is 2.65. The van der Waals surface area contributed by atoms with Crippen LogP contribution in [0.5, 0.6) is 0 Å². The second-order valence-electron chi connectivity index (χ2n) is 6.51. The maximum absolute atomic E-state index is 5.47. The first-order valence-corrected chi connectivity index (χ1v) is 9.79. The minimum absolute atomic E-state index is 0.296. The fraction of sp³-hybridized carbons (Fsp3) is 0.833. The minimum atomic E-state index is 0.296. The van der Waals surface area contributed by atoms with Crippen LogP contribution < -0.4 is 10.6 Å². The van der Waals surface area contributed by atoms with Crippen molar-refractivity contribution in [3.05, 3.63) is 11.6 Å². The van der Waals surface area contributed by atoms with E-state index in [4.69, 9.17) is 14.2 Å². The van der Waals surface area contributed by atoms with Gasteiger partial charge in [-0.3, -0.25) is 4.99 Å². The van der Waals surface area contributed by atoms with Crippen LogP contribution in [0.4, 0.5) is 0 Å². The number of aryl methyl sites for hydroxylation is 1. The summed E-state index contributed by atoms with van der Waals surface area (Å²) in [4.78, 5) is 9.20. The molecule has 27 heavy (non-hydrogen) atoms. The summed E-state index contributed by atoms with van der Waals surface area (Å²) < 4.78 is 17.5. The molecule has 2 N–H and O–H groups in total. The zero-order valence-electron chi connectivity index (χ0n) is 16.9. The second kappa shape index (κ2) is 12.6. The molecule has 0 bridgehead atoms. The first-order valence-electron chi connectivity index (χ1n) is 9.79. The third-order valence-electron chi connectivity index (χ3n) is 4.26. The Labute approximate surface area is 161 Å². The van der Waals surface area contributed by atoms with Gasteiger partial charge in [0.1, 0.15) is 12.4 Å². The van der Waals surface area contributed by atoms with Gasteiger partial charge in [-0.15, -0.1) is 0 Å². The number of hydrogen-bond donors (Lipinski definition) is 2. The SMILES string of the molecule is CCNC(=NCCCCOCCOC)NC1CCc2nc(COC)nn2C1. The van der Waals surface area contributed by atoms with E-state index in [0.29, 0.717) is 25.9 Å². The number of unbranched alkanes of at least 4 members (excludes halogenated alkanes) is 1. The van der Waals surface area contributed by atoms with Crippen LogP contribution in [0.1, 0.15) is 37.8 Å². The monoisotopic (exact) mass is 382 g/mol. The van der Waals surface area contributed by atoms with Gasteiger partial charge in [-0.2, -0.15) is 5.10 Å². The number of hydrogen-bond acceptors (Lipinski definition) is 6. The van der Waals surface area contributed by atoms with Gasteiger partial charge in [0, 0.05) is 46.4 Å². The lowest BCUT2D eigenvalue weighted by Crippen LogP contribution is -2.47. The molecule has 1 aliphatic heterocycles. The van der Waals surface area contributed by atoms with Gasteiger partial charge in [-0.1, -0.05) is 0 Å². The van der Waals surface area contributed by atoms with E-state index in [9.17, 15) is 0 Å². The number of methoxy groups -OCH3 is 2. The van der Waals surface area contributed by atoms with E-state index in [1.54, 1.807) is 14.2 Å². The molecule has 9 nitrogen and oxygen atoms in total. The first kappa shape index (κ1) is 21.6. The summed E-state index contributed by atoms with van der Waals surface area (Å²) >= 11 is 0. The van der Waals surface area contributed by atoms with Crippen molar-refractivity contribution in [3.8, 4) is 0 Å². The standard InChI is InChI=1S/C18H34N6O3/c1-4-19-18(20-9-5-6-10-27-12-11-25-2)21-15-7-8-17-22-16(14-26-3)23-24(17)13-15/h15H,4-14H2,1-3H3,(H2,19,20,21). The zero-order chi connectivity index (χ0) is 19.3. The van der Waals surface area contributed by atoms with Gasteiger partial charge < -0.3 is 24.8 Å². The fourth-order valence-corrected chi connectivity index (χ4v) is 2.93. The molecular weight excluding hydrogens is 348 g/mol. The van der Waals surface area contributed by atoms with E-state index < -0.39 is 0 Å². The van der Waals surface area contributed by atoms with Crippen LogP contribution in [0.2, 0.25) is 0 Å². The Kier molecular flexibility index (Phi) is 10.1. The number of rotatable bonds is 12. The molecule has 2 heterocycles. The number of fused-ring (bicyclic) bond motifs is 1. The molecule has 0 aliphatic carbocycles. The molecule has 0 radical (unpaired) electrons. The maximum Gasteiger partial charge on any atom is 0.191 e. The smallest absolute Gasteiger partial charge is 0.191 e. The number of aromatic nitrogens is 3. The predicted octanol–water partition coefficient (Wildman–Crippen LogP) is 0.738. The highest BCUT2D eigenvalue weighted by Crippen LogP contribution is 2.13. The largest absolute Gasteiger partial charge is 0.382 e. The van der Waals surface area contributed by atoms with Crippen LogP contribution in [-0.4, -0.2) is 73.9 Å². The molecule has 0 fully saturated rings. The van der Waals surface area contributed by atoms with Crippen LogP contribution in [0, 0.1) is 0 Å². The normalized spacial score (nSPS) is 17.0. The van der Waals surface area contributed by atoms with Crippen molar-refractivity contribution in [1.82, 2.24) is 25.4 Å². The number of nitrogens with zero attached hydrogens (tertiary/aromatic N) is 4. The third-order valence-corrected chi connectivity index (χ3v) is 4.26. The molecule has 1 aromatic rings. The van der Waals surface area contributed by atoms with Crippen LogP contribution in [0.25, 0.3) is 0 Å². The van der Waals surface area contributed by atoms with Crippen LogP contribution in [0.3, 0.4) is 0 Å². The Bertz CT molecular complexity index is 563. The average molecular weight is 383 g/mol. The number of ether oxygens (including phenoxy) is 3. The predicted molar refractivity (Wildman–Crippen MR) is 104 cm³/mol. The van der Waals surface area contributed by atoms with E-state index in [2.05, 4.69) is 32.6 Å². The molecule has 1 aromatic heterocycles. The minimum Gasteiger partial charge on any atom is -0.382 e. The number of nitrogens with one attached hydrogen (secondary N) is 2. The van der Waals surface area contributed by atoms with Crippen molar-refractivity contribution in [1.29, 1.82) is 0 Å². The van der Waals surface area contributed by atoms with Crippen molar-refractivity contribution in [2.24, 2.45) is 4.99 Å². The van der Waals surface area contributed by atoms with Crippen molar-refractivity contribution < 1.29 is 14.2 Å². The molecule has 2 rings (SSSR count). The van der Waals surface area contributed by atoms with Crippen LogP contribution >= 0.6 is 0 Å². The van der Waals surface area contributed by atoms with Gasteiger partial charge in [0.05, 0.1) is 19.8 Å². The van der Waals surface area contributed by atoms with E-state index in [1.807, 2.05) is 4.68 Å². The van der Waals surface area contributed by atoms with Gasteiger partial charge in [0.15, 0.2) is 11.8 Å². The summed E-state index contributed by atoms with van der Waals surface area (Å²) in [6.07, 6.45) is 3.93. The Balaban J connectivity index is 1.74. The first-order chi connectivity index (χ1) is 13.3. The molecule has 1 aliphatic rings. The van der Waals surface area contributed by atoms with Crippen molar-refractivity contribution in [2.45, 2.75) is 51.8 Å². The van der Waals surface area contributed by atoms with Gasteiger partial charge >= 0.3 is 0 Å². The molecule has 0 aromatic carbocycles. The van der Waals surface area contributed by atoms with Crippen LogP contribution in [-0.2, 0) is 33.8 Å². The molecule has 9 heteroatoms. The molecule has 154 valence electrons. The van der Waals surface area contributed by atoms with Crippen molar-refractivity contribution >= 4 is 5.96 Å². The Morgan fingerprint density at radius 2 is 2.11 bits per heavy atom. The van der Waals surface area contributed by atoms with E-state index in [0.717, 1.165) is 69.5 Å². The quantitative estimate of drug-likeness (QED) is 0.313. The summed E-state index contributed by atoms with van der Waals surface area (Å²) in [5, 5.41) is 11.4. The Morgan fingerprint density at radius 1 is 1.22 bits per heavy atom. The highest BCUT2D eigenvalue weighted by Gasteiger charge is 2.22. The molecule has 0 spiro atoms. The number of aliphatic imine (C=N–C) groups is 1.